The molecule has 0 amide bonds. The zero-order valence-electron chi connectivity index (χ0n) is 15.2. The first-order valence-electron chi connectivity index (χ1n) is 8.86. The zero-order valence-corrected chi connectivity index (χ0v) is 16.7. The SMILES string of the molecule is CC(c1ccccc1Cl)N1CCN(S(=O)(=O)Cc2cccc(C#N)c2)CC1. The molecular formula is C20H22ClN3O2S. The summed E-state index contributed by atoms with van der Waals surface area (Å²) in [6.45, 7) is 4.32. The second kappa shape index (κ2) is 8.41. The molecule has 1 saturated heterocycles. The van der Waals surface area contributed by atoms with Gasteiger partial charge in [0.05, 0.1) is 17.4 Å². The van der Waals surface area contributed by atoms with E-state index in [0.29, 0.717) is 37.3 Å². The average molecular weight is 404 g/mol. The zero-order chi connectivity index (χ0) is 19.4. The maximum absolute atomic E-state index is 12.8. The van der Waals surface area contributed by atoms with Crippen LogP contribution in [-0.4, -0.2) is 43.8 Å². The molecule has 0 bridgehead atoms. The Kier molecular flexibility index (Phi) is 6.18. The van der Waals surface area contributed by atoms with E-state index in [9.17, 15) is 8.42 Å². The summed E-state index contributed by atoms with van der Waals surface area (Å²) in [6, 6.07) is 16.7. The van der Waals surface area contributed by atoms with Gasteiger partial charge in [-0.15, -0.1) is 0 Å². The average Bonchev–Trinajstić information content (AvgIpc) is 2.68. The van der Waals surface area contributed by atoms with E-state index in [1.807, 2.05) is 30.3 Å². The van der Waals surface area contributed by atoms with Crippen LogP contribution < -0.4 is 0 Å². The van der Waals surface area contributed by atoms with Crippen molar-refractivity contribution < 1.29 is 8.42 Å². The first-order valence-corrected chi connectivity index (χ1v) is 10.8. The maximum Gasteiger partial charge on any atom is 0.218 e. The second-order valence-corrected chi connectivity index (χ2v) is 9.08. The Morgan fingerprint density at radius 2 is 1.81 bits per heavy atom. The second-order valence-electron chi connectivity index (χ2n) is 6.70. The van der Waals surface area contributed by atoms with Gasteiger partial charge in [0.25, 0.3) is 0 Å². The van der Waals surface area contributed by atoms with Gasteiger partial charge in [0, 0.05) is 37.2 Å². The highest BCUT2D eigenvalue weighted by Gasteiger charge is 2.29. The number of halogens is 1. The van der Waals surface area contributed by atoms with Gasteiger partial charge in [-0.1, -0.05) is 41.9 Å². The molecule has 1 unspecified atom stereocenters. The molecule has 1 aliphatic heterocycles. The number of rotatable bonds is 5. The quantitative estimate of drug-likeness (QED) is 0.767. The van der Waals surface area contributed by atoms with E-state index in [1.54, 1.807) is 28.6 Å². The molecule has 142 valence electrons. The number of hydrogen-bond acceptors (Lipinski definition) is 4. The van der Waals surface area contributed by atoms with Crippen LogP contribution in [0, 0.1) is 11.3 Å². The van der Waals surface area contributed by atoms with Crippen LogP contribution in [0.2, 0.25) is 5.02 Å². The van der Waals surface area contributed by atoms with Crippen molar-refractivity contribution in [1.29, 1.82) is 5.26 Å². The lowest BCUT2D eigenvalue weighted by Gasteiger charge is -2.37. The Morgan fingerprint density at radius 1 is 1.11 bits per heavy atom. The van der Waals surface area contributed by atoms with E-state index >= 15 is 0 Å². The third-order valence-corrected chi connectivity index (χ3v) is 7.17. The van der Waals surface area contributed by atoms with Gasteiger partial charge in [0.1, 0.15) is 0 Å². The van der Waals surface area contributed by atoms with Crippen molar-refractivity contribution in [2.24, 2.45) is 0 Å². The van der Waals surface area contributed by atoms with Crippen molar-refractivity contribution in [3.05, 3.63) is 70.2 Å². The number of benzene rings is 2. The van der Waals surface area contributed by atoms with E-state index in [0.717, 1.165) is 10.6 Å². The summed E-state index contributed by atoms with van der Waals surface area (Å²) in [4.78, 5) is 2.25. The Hall–Kier alpha value is -1.91. The minimum atomic E-state index is -3.41. The number of nitriles is 1. The molecule has 0 aromatic heterocycles. The first kappa shape index (κ1) is 19.8. The third kappa shape index (κ3) is 4.69. The Balaban J connectivity index is 1.64. The lowest BCUT2D eigenvalue weighted by Crippen LogP contribution is -2.49. The highest BCUT2D eigenvalue weighted by atomic mass is 35.5. The molecule has 2 aromatic rings. The molecule has 1 atom stereocenters. The van der Waals surface area contributed by atoms with Crippen molar-refractivity contribution in [1.82, 2.24) is 9.21 Å². The minimum absolute atomic E-state index is 0.0808. The monoisotopic (exact) mass is 403 g/mol. The van der Waals surface area contributed by atoms with Gasteiger partial charge in [-0.2, -0.15) is 9.57 Å². The van der Waals surface area contributed by atoms with Crippen molar-refractivity contribution in [3.63, 3.8) is 0 Å². The minimum Gasteiger partial charge on any atom is -0.294 e. The fourth-order valence-corrected chi connectivity index (χ4v) is 5.21. The number of piperazine rings is 1. The molecule has 5 nitrogen and oxygen atoms in total. The smallest absolute Gasteiger partial charge is 0.218 e. The summed E-state index contributed by atoms with van der Waals surface area (Å²) < 4.78 is 27.1. The van der Waals surface area contributed by atoms with Crippen molar-refractivity contribution in [2.45, 2.75) is 18.7 Å². The molecule has 2 aromatic carbocycles. The van der Waals surface area contributed by atoms with Gasteiger partial charge in [-0.05, 0) is 36.2 Å². The largest absolute Gasteiger partial charge is 0.294 e. The highest BCUT2D eigenvalue weighted by Crippen LogP contribution is 2.28. The molecule has 1 heterocycles. The fourth-order valence-electron chi connectivity index (χ4n) is 3.41. The van der Waals surface area contributed by atoms with Crippen LogP contribution in [0.4, 0.5) is 0 Å². The van der Waals surface area contributed by atoms with Gasteiger partial charge < -0.3 is 0 Å². The van der Waals surface area contributed by atoms with Gasteiger partial charge in [0.15, 0.2) is 0 Å². The molecule has 0 spiro atoms. The van der Waals surface area contributed by atoms with E-state index < -0.39 is 10.0 Å². The molecule has 0 saturated carbocycles. The Morgan fingerprint density at radius 3 is 2.48 bits per heavy atom. The molecule has 27 heavy (non-hydrogen) atoms. The van der Waals surface area contributed by atoms with E-state index in [4.69, 9.17) is 16.9 Å². The van der Waals surface area contributed by atoms with Crippen molar-refractivity contribution in [2.75, 3.05) is 26.2 Å². The molecule has 0 N–H and O–H groups in total. The number of nitrogens with zero attached hydrogens (tertiary/aromatic N) is 3. The van der Waals surface area contributed by atoms with Gasteiger partial charge in [0.2, 0.25) is 10.0 Å². The Bertz CT molecular complexity index is 948. The summed E-state index contributed by atoms with van der Waals surface area (Å²) in [5, 5.41) is 9.71. The molecule has 1 aliphatic rings. The molecular weight excluding hydrogens is 382 g/mol. The third-order valence-electron chi connectivity index (χ3n) is 4.97. The van der Waals surface area contributed by atoms with Crippen LogP contribution in [0.5, 0.6) is 0 Å². The summed E-state index contributed by atoms with van der Waals surface area (Å²) in [5.41, 5.74) is 2.17. The van der Waals surface area contributed by atoms with Crippen LogP contribution in [0.25, 0.3) is 0 Å². The predicted molar refractivity (Wildman–Crippen MR) is 107 cm³/mol. The standard InChI is InChI=1S/C20H22ClN3O2S/c1-16(19-7-2-3-8-20(19)21)23-9-11-24(12-10-23)27(25,26)15-18-6-4-5-17(13-18)14-22/h2-8,13,16H,9-12,15H2,1H3. The van der Waals surface area contributed by atoms with Crippen LogP contribution in [0.1, 0.15) is 29.7 Å². The van der Waals surface area contributed by atoms with Gasteiger partial charge in [-0.3, -0.25) is 4.90 Å². The van der Waals surface area contributed by atoms with E-state index in [-0.39, 0.29) is 11.8 Å². The van der Waals surface area contributed by atoms with E-state index in [1.165, 1.54) is 0 Å². The highest BCUT2D eigenvalue weighted by molar-refractivity contribution is 7.88. The molecule has 0 aliphatic carbocycles. The summed E-state index contributed by atoms with van der Waals surface area (Å²) in [6.07, 6.45) is 0. The number of sulfonamides is 1. The lowest BCUT2D eigenvalue weighted by molar-refractivity contribution is 0.146. The van der Waals surface area contributed by atoms with Crippen molar-refractivity contribution >= 4 is 21.6 Å². The van der Waals surface area contributed by atoms with Crippen LogP contribution in [-0.2, 0) is 15.8 Å². The first-order chi connectivity index (χ1) is 12.9. The number of hydrogen-bond donors (Lipinski definition) is 0. The topological polar surface area (TPSA) is 64.4 Å². The normalized spacial score (nSPS) is 17.4. The fraction of sp³-hybridized carbons (Fsp3) is 0.350. The molecule has 7 heteroatoms. The maximum atomic E-state index is 12.8. The van der Waals surface area contributed by atoms with Gasteiger partial charge in [-0.25, -0.2) is 8.42 Å². The molecule has 1 fully saturated rings. The van der Waals surface area contributed by atoms with Crippen LogP contribution >= 0.6 is 11.6 Å². The van der Waals surface area contributed by atoms with Crippen molar-refractivity contribution in [3.8, 4) is 6.07 Å². The summed E-state index contributed by atoms with van der Waals surface area (Å²) in [7, 11) is -3.41. The molecule has 0 radical (unpaired) electrons. The summed E-state index contributed by atoms with van der Waals surface area (Å²) in [5.74, 6) is -0.0808. The molecule has 3 rings (SSSR count). The Labute approximate surface area is 165 Å². The summed E-state index contributed by atoms with van der Waals surface area (Å²) >= 11 is 6.30. The van der Waals surface area contributed by atoms with Gasteiger partial charge >= 0.3 is 0 Å². The van der Waals surface area contributed by atoms with Crippen LogP contribution in [0.15, 0.2) is 48.5 Å². The van der Waals surface area contributed by atoms with E-state index in [2.05, 4.69) is 11.8 Å². The predicted octanol–water partition coefficient (Wildman–Crippen LogP) is 3.42. The lowest BCUT2D eigenvalue weighted by atomic mass is 10.1. The van der Waals surface area contributed by atoms with Crippen LogP contribution in [0.3, 0.4) is 0 Å².